The van der Waals surface area contributed by atoms with E-state index in [1.807, 2.05) is 0 Å². The van der Waals surface area contributed by atoms with Crippen LogP contribution in [-0.2, 0) is 0 Å². The molecule has 104 valence electrons. The highest BCUT2D eigenvalue weighted by molar-refractivity contribution is 5.30. The molecule has 0 radical (unpaired) electrons. The standard InChI is InChI=1S/C17H25NO/c1-19-17-9-7-13(8-10-17)14-11-16(12-14)18-15-5-3-2-4-6-15/h7-10,14-16,18H,2-6,11-12H2,1H3. The summed E-state index contributed by atoms with van der Waals surface area (Å²) in [5.41, 5.74) is 1.47. The predicted octanol–water partition coefficient (Wildman–Crippen LogP) is 3.86. The van der Waals surface area contributed by atoms with Crippen LogP contribution in [0.4, 0.5) is 0 Å². The number of hydrogen-bond donors (Lipinski definition) is 1. The maximum absolute atomic E-state index is 5.21. The maximum atomic E-state index is 5.21. The minimum Gasteiger partial charge on any atom is -0.497 e. The quantitative estimate of drug-likeness (QED) is 0.886. The van der Waals surface area contributed by atoms with Crippen molar-refractivity contribution in [2.45, 2.75) is 62.9 Å². The Labute approximate surface area is 116 Å². The lowest BCUT2D eigenvalue weighted by Gasteiger charge is -2.39. The molecule has 2 fully saturated rings. The molecule has 0 saturated heterocycles. The Morgan fingerprint density at radius 1 is 0.947 bits per heavy atom. The lowest BCUT2D eigenvalue weighted by molar-refractivity contribution is 0.238. The van der Waals surface area contributed by atoms with E-state index in [9.17, 15) is 0 Å². The lowest BCUT2D eigenvalue weighted by Crippen LogP contribution is -2.46. The van der Waals surface area contributed by atoms with Crippen molar-refractivity contribution >= 4 is 0 Å². The highest BCUT2D eigenvalue weighted by Crippen LogP contribution is 2.38. The summed E-state index contributed by atoms with van der Waals surface area (Å²) in [6.45, 7) is 0. The van der Waals surface area contributed by atoms with Gasteiger partial charge < -0.3 is 10.1 Å². The number of hydrogen-bond acceptors (Lipinski definition) is 2. The summed E-state index contributed by atoms with van der Waals surface area (Å²) in [6, 6.07) is 10.2. The van der Waals surface area contributed by atoms with Crippen molar-refractivity contribution in [2.24, 2.45) is 0 Å². The molecular formula is C17H25NO. The largest absolute Gasteiger partial charge is 0.497 e. The molecule has 1 N–H and O–H groups in total. The third-order valence-corrected chi connectivity index (χ3v) is 4.80. The van der Waals surface area contributed by atoms with Crippen LogP contribution in [-0.4, -0.2) is 19.2 Å². The molecule has 1 aromatic rings. The van der Waals surface area contributed by atoms with Gasteiger partial charge in [0.25, 0.3) is 0 Å². The van der Waals surface area contributed by atoms with Crippen molar-refractivity contribution in [3.05, 3.63) is 29.8 Å². The lowest BCUT2D eigenvalue weighted by atomic mass is 9.75. The van der Waals surface area contributed by atoms with E-state index in [2.05, 4.69) is 29.6 Å². The van der Waals surface area contributed by atoms with Crippen molar-refractivity contribution in [2.75, 3.05) is 7.11 Å². The maximum Gasteiger partial charge on any atom is 0.118 e. The third kappa shape index (κ3) is 3.11. The van der Waals surface area contributed by atoms with Gasteiger partial charge in [-0.15, -0.1) is 0 Å². The molecule has 0 aliphatic heterocycles. The third-order valence-electron chi connectivity index (χ3n) is 4.80. The summed E-state index contributed by atoms with van der Waals surface area (Å²) < 4.78 is 5.21. The Morgan fingerprint density at radius 2 is 1.63 bits per heavy atom. The fourth-order valence-electron chi connectivity index (χ4n) is 3.50. The molecule has 19 heavy (non-hydrogen) atoms. The molecule has 2 aliphatic rings. The molecule has 0 bridgehead atoms. The van der Waals surface area contributed by atoms with Crippen molar-refractivity contribution in [3.8, 4) is 5.75 Å². The van der Waals surface area contributed by atoms with Gasteiger partial charge in [0, 0.05) is 12.1 Å². The van der Waals surface area contributed by atoms with Gasteiger partial charge in [0.1, 0.15) is 5.75 Å². The monoisotopic (exact) mass is 259 g/mol. The van der Waals surface area contributed by atoms with Gasteiger partial charge in [0.15, 0.2) is 0 Å². The second-order valence-corrected chi connectivity index (χ2v) is 6.14. The van der Waals surface area contributed by atoms with Gasteiger partial charge in [-0.05, 0) is 49.3 Å². The van der Waals surface area contributed by atoms with Gasteiger partial charge in [-0.3, -0.25) is 0 Å². The van der Waals surface area contributed by atoms with Crippen LogP contribution in [0.25, 0.3) is 0 Å². The Balaban J connectivity index is 1.46. The van der Waals surface area contributed by atoms with Crippen molar-refractivity contribution in [1.29, 1.82) is 0 Å². The van der Waals surface area contributed by atoms with Gasteiger partial charge in [-0.25, -0.2) is 0 Å². The fraction of sp³-hybridized carbons (Fsp3) is 0.647. The van der Waals surface area contributed by atoms with E-state index >= 15 is 0 Å². The molecule has 2 saturated carbocycles. The molecule has 0 spiro atoms. The first-order valence-electron chi connectivity index (χ1n) is 7.75. The van der Waals surface area contributed by atoms with Crippen molar-refractivity contribution in [1.82, 2.24) is 5.32 Å². The zero-order valence-corrected chi connectivity index (χ0v) is 11.9. The molecule has 2 aliphatic carbocycles. The van der Waals surface area contributed by atoms with Crippen LogP contribution in [0.15, 0.2) is 24.3 Å². The highest BCUT2D eigenvalue weighted by atomic mass is 16.5. The van der Waals surface area contributed by atoms with Gasteiger partial charge in [-0.1, -0.05) is 31.4 Å². The molecule has 0 unspecified atom stereocenters. The summed E-state index contributed by atoms with van der Waals surface area (Å²) in [7, 11) is 1.72. The predicted molar refractivity (Wildman–Crippen MR) is 78.8 cm³/mol. The summed E-state index contributed by atoms with van der Waals surface area (Å²) in [4.78, 5) is 0. The van der Waals surface area contributed by atoms with Crippen molar-refractivity contribution in [3.63, 3.8) is 0 Å². The Kier molecular flexibility index (Phi) is 4.07. The second kappa shape index (κ2) is 5.96. The molecule has 0 atom stereocenters. The first kappa shape index (κ1) is 13.0. The molecule has 3 rings (SSSR count). The van der Waals surface area contributed by atoms with Crippen LogP contribution >= 0.6 is 0 Å². The van der Waals surface area contributed by atoms with E-state index in [0.29, 0.717) is 0 Å². The number of benzene rings is 1. The Bertz CT molecular complexity index is 388. The summed E-state index contributed by atoms with van der Waals surface area (Å²) in [6.07, 6.45) is 9.69. The van der Waals surface area contributed by atoms with Crippen LogP contribution in [0.3, 0.4) is 0 Å². The van der Waals surface area contributed by atoms with Crippen molar-refractivity contribution < 1.29 is 4.74 Å². The molecule has 2 nitrogen and oxygen atoms in total. The average Bonchev–Trinajstić information content (AvgIpc) is 2.44. The van der Waals surface area contributed by atoms with E-state index < -0.39 is 0 Å². The first-order valence-corrected chi connectivity index (χ1v) is 7.75. The van der Waals surface area contributed by atoms with Gasteiger partial charge in [0.05, 0.1) is 7.11 Å². The molecule has 2 heteroatoms. The molecule has 0 amide bonds. The average molecular weight is 259 g/mol. The summed E-state index contributed by atoms with van der Waals surface area (Å²) >= 11 is 0. The Hall–Kier alpha value is -1.02. The second-order valence-electron chi connectivity index (χ2n) is 6.14. The van der Waals surface area contributed by atoms with Crippen LogP contribution in [0, 0.1) is 0 Å². The number of ether oxygens (including phenoxy) is 1. The number of rotatable bonds is 4. The molecule has 0 heterocycles. The summed E-state index contributed by atoms with van der Waals surface area (Å²) in [5.74, 6) is 1.71. The molecule has 1 aromatic carbocycles. The Morgan fingerprint density at radius 3 is 2.26 bits per heavy atom. The number of methoxy groups -OCH3 is 1. The number of nitrogens with one attached hydrogen (secondary N) is 1. The van der Waals surface area contributed by atoms with E-state index in [1.54, 1.807) is 7.11 Å². The summed E-state index contributed by atoms with van der Waals surface area (Å²) in [5, 5.41) is 3.85. The first-order chi connectivity index (χ1) is 9.35. The highest BCUT2D eigenvalue weighted by Gasteiger charge is 2.31. The van der Waals surface area contributed by atoms with Crippen LogP contribution < -0.4 is 10.1 Å². The normalized spacial score (nSPS) is 27.8. The van der Waals surface area contributed by atoms with Gasteiger partial charge in [0.2, 0.25) is 0 Å². The van der Waals surface area contributed by atoms with Crippen LogP contribution in [0.2, 0.25) is 0 Å². The minimum absolute atomic E-state index is 0.756. The van der Waals surface area contributed by atoms with E-state index in [0.717, 1.165) is 23.8 Å². The van der Waals surface area contributed by atoms with E-state index in [-0.39, 0.29) is 0 Å². The SMILES string of the molecule is COc1ccc(C2CC(NC3CCCCC3)C2)cc1. The topological polar surface area (TPSA) is 21.3 Å². The minimum atomic E-state index is 0.756. The van der Waals surface area contributed by atoms with Crippen LogP contribution in [0.1, 0.15) is 56.4 Å². The van der Waals surface area contributed by atoms with Crippen LogP contribution in [0.5, 0.6) is 5.75 Å². The van der Waals surface area contributed by atoms with Gasteiger partial charge in [-0.2, -0.15) is 0 Å². The zero-order valence-electron chi connectivity index (χ0n) is 11.9. The molecular weight excluding hydrogens is 234 g/mol. The van der Waals surface area contributed by atoms with E-state index in [1.165, 1.54) is 50.5 Å². The van der Waals surface area contributed by atoms with E-state index in [4.69, 9.17) is 4.74 Å². The zero-order chi connectivity index (χ0) is 13.1. The molecule has 0 aromatic heterocycles. The van der Waals surface area contributed by atoms with Gasteiger partial charge >= 0.3 is 0 Å². The smallest absolute Gasteiger partial charge is 0.118 e. The fourth-order valence-corrected chi connectivity index (χ4v) is 3.50.